The molecule has 2 aromatic carbocycles. The first-order valence-electron chi connectivity index (χ1n) is 9.07. The molecule has 0 unspecified atom stereocenters. The molecule has 5 nitrogen and oxygen atoms in total. The summed E-state index contributed by atoms with van der Waals surface area (Å²) in [7, 11) is 0. The van der Waals surface area contributed by atoms with E-state index in [0.29, 0.717) is 11.3 Å². The lowest BCUT2D eigenvalue weighted by atomic mass is 10.0. The summed E-state index contributed by atoms with van der Waals surface area (Å²) in [4.78, 5) is 28.3. The fourth-order valence-electron chi connectivity index (χ4n) is 3.14. The number of aryl methyl sites for hydroxylation is 3. The van der Waals surface area contributed by atoms with Crippen LogP contribution in [0.5, 0.6) is 0 Å². The van der Waals surface area contributed by atoms with Crippen LogP contribution in [-0.4, -0.2) is 16.7 Å². The van der Waals surface area contributed by atoms with Gasteiger partial charge in [0.25, 0.3) is 5.91 Å². The van der Waals surface area contributed by atoms with E-state index in [1.807, 2.05) is 45.0 Å². The second-order valence-corrected chi connectivity index (χ2v) is 6.92. The van der Waals surface area contributed by atoms with E-state index >= 15 is 0 Å². The molecule has 142 valence electrons. The Kier molecular flexibility index (Phi) is 5.54. The van der Waals surface area contributed by atoms with E-state index in [9.17, 15) is 9.59 Å². The molecule has 0 fully saturated rings. The maximum Gasteiger partial charge on any atom is 0.274 e. The number of aromatic nitrogens is 1. The lowest BCUT2D eigenvalue weighted by Crippen LogP contribution is -2.15. The minimum Gasteiger partial charge on any atom is -0.355 e. The van der Waals surface area contributed by atoms with Gasteiger partial charge in [-0.05, 0) is 75.2 Å². The number of hydrogen-bond donors (Lipinski definition) is 2. The maximum absolute atomic E-state index is 12.7. The van der Waals surface area contributed by atoms with E-state index in [1.54, 1.807) is 30.5 Å². The first-order valence-corrected chi connectivity index (χ1v) is 9.07. The number of amides is 1. The number of hydrogen-bond acceptors (Lipinski definition) is 4. The number of Topliss-reactive ketones (excluding diaryl/α,β-unsaturated/α-hetero) is 1. The summed E-state index contributed by atoms with van der Waals surface area (Å²) in [6.45, 7) is 7.52. The van der Waals surface area contributed by atoms with Gasteiger partial charge in [-0.2, -0.15) is 0 Å². The second-order valence-electron chi connectivity index (χ2n) is 6.92. The Labute approximate surface area is 164 Å². The zero-order valence-corrected chi connectivity index (χ0v) is 16.5. The van der Waals surface area contributed by atoms with Gasteiger partial charge in [0.15, 0.2) is 5.78 Å². The third-order valence-electron chi connectivity index (χ3n) is 4.49. The zero-order valence-electron chi connectivity index (χ0n) is 16.5. The molecule has 0 saturated heterocycles. The van der Waals surface area contributed by atoms with E-state index in [2.05, 4.69) is 15.6 Å². The van der Waals surface area contributed by atoms with E-state index in [1.165, 1.54) is 6.92 Å². The van der Waals surface area contributed by atoms with Gasteiger partial charge in [-0.3, -0.25) is 14.6 Å². The molecule has 3 rings (SSSR count). The molecule has 2 N–H and O–H groups in total. The second kappa shape index (κ2) is 8.05. The summed E-state index contributed by atoms with van der Waals surface area (Å²) in [5.74, 6) is -0.234. The highest BCUT2D eigenvalue weighted by Gasteiger charge is 2.12. The van der Waals surface area contributed by atoms with Crippen LogP contribution in [0.2, 0.25) is 0 Å². The molecule has 0 aliphatic rings. The number of nitrogens with zero attached hydrogens (tertiary/aromatic N) is 1. The molecule has 0 spiro atoms. The molecule has 0 atom stereocenters. The van der Waals surface area contributed by atoms with Crippen LogP contribution >= 0.6 is 0 Å². The smallest absolute Gasteiger partial charge is 0.274 e. The first-order chi connectivity index (χ1) is 13.3. The van der Waals surface area contributed by atoms with Gasteiger partial charge < -0.3 is 10.6 Å². The van der Waals surface area contributed by atoms with Crippen LogP contribution in [0.3, 0.4) is 0 Å². The Balaban J connectivity index is 1.77. The van der Waals surface area contributed by atoms with Crippen molar-refractivity contribution in [3.63, 3.8) is 0 Å². The van der Waals surface area contributed by atoms with Gasteiger partial charge in [-0.1, -0.05) is 17.7 Å². The standard InChI is InChI=1S/C23H23N3O2/c1-14-11-15(2)22(16(3)12-14)26-23(28)21-13-20(9-10-24-21)25-19-7-5-18(6-8-19)17(4)27/h5-13H,1-4H3,(H,24,25)(H,26,28). The summed E-state index contributed by atoms with van der Waals surface area (Å²) >= 11 is 0. The number of anilines is 3. The fraction of sp³-hybridized carbons (Fsp3) is 0.174. The average molecular weight is 373 g/mol. The summed E-state index contributed by atoms with van der Waals surface area (Å²) in [6, 6.07) is 14.8. The van der Waals surface area contributed by atoms with Gasteiger partial charge >= 0.3 is 0 Å². The van der Waals surface area contributed by atoms with Gasteiger partial charge in [0, 0.05) is 28.8 Å². The van der Waals surface area contributed by atoms with E-state index < -0.39 is 0 Å². The SMILES string of the molecule is CC(=O)c1ccc(Nc2ccnc(C(=O)Nc3c(C)cc(C)cc3C)c2)cc1. The number of nitrogens with one attached hydrogen (secondary N) is 2. The van der Waals surface area contributed by atoms with Crippen molar-refractivity contribution in [1.82, 2.24) is 4.98 Å². The number of pyridine rings is 1. The molecule has 1 aromatic heterocycles. The van der Waals surface area contributed by atoms with Crippen molar-refractivity contribution in [2.24, 2.45) is 0 Å². The summed E-state index contributed by atoms with van der Waals surface area (Å²) < 4.78 is 0. The molecular weight excluding hydrogens is 350 g/mol. The van der Waals surface area contributed by atoms with Crippen molar-refractivity contribution in [1.29, 1.82) is 0 Å². The van der Waals surface area contributed by atoms with Crippen LogP contribution in [0.25, 0.3) is 0 Å². The van der Waals surface area contributed by atoms with Crippen molar-refractivity contribution in [3.8, 4) is 0 Å². The van der Waals surface area contributed by atoms with Gasteiger partial charge in [-0.25, -0.2) is 0 Å². The highest BCUT2D eigenvalue weighted by Crippen LogP contribution is 2.23. The minimum atomic E-state index is -0.259. The molecule has 0 saturated carbocycles. The van der Waals surface area contributed by atoms with Crippen LogP contribution in [0.4, 0.5) is 17.1 Å². The topological polar surface area (TPSA) is 71.1 Å². The molecule has 0 aliphatic heterocycles. The quantitative estimate of drug-likeness (QED) is 0.603. The van der Waals surface area contributed by atoms with Gasteiger partial charge in [0.1, 0.15) is 5.69 Å². The van der Waals surface area contributed by atoms with Gasteiger partial charge in [0.05, 0.1) is 0 Å². The first kappa shape index (κ1) is 19.3. The van der Waals surface area contributed by atoms with E-state index in [4.69, 9.17) is 0 Å². The lowest BCUT2D eigenvalue weighted by Gasteiger charge is -2.13. The lowest BCUT2D eigenvalue weighted by molar-refractivity contribution is 0.101. The van der Waals surface area contributed by atoms with Crippen molar-refractivity contribution in [3.05, 3.63) is 82.7 Å². The normalized spacial score (nSPS) is 10.4. The molecular formula is C23H23N3O2. The van der Waals surface area contributed by atoms with Crippen LogP contribution in [0, 0.1) is 20.8 Å². The Morgan fingerprint density at radius 2 is 1.50 bits per heavy atom. The summed E-state index contributed by atoms with van der Waals surface area (Å²) in [5, 5.41) is 6.19. The fourth-order valence-corrected chi connectivity index (χ4v) is 3.14. The van der Waals surface area contributed by atoms with Crippen molar-refractivity contribution in [2.75, 3.05) is 10.6 Å². The van der Waals surface area contributed by atoms with Crippen molar-refractivity contribution < 1.29 is 9.59 Å². The van der Waals surface area contributed by atoms with E-state index in [0.717, 1.165) is 33.8 Å². The Morgan fingerprint density at radius 3 is 2.11 bits per heavy atom. The number of benzene rings is 2. The number of carbonyl (C=O) groups excluding carboxylic acids is 2. The van der Waals surface area contributed by atoms with Gasteiger partial charge in [-0.15, -0.1) is 0 Å². The number of ketones is 1. The molecule has 0 aliphatic carbocycles. The monoisotopic (exact) mass is 373 g/mol. The zero-order chi connectivity index (χ0) is 20.3. The van der Waals surface area contributed by atoms with Crippen LogP contribution in [0.15, 0.2) is 54.7 Å². The predicted octanol–water partition coefficient (Wildman–Crippen LogP) is 5.21. The highest BCUT2D eigenvalue weighted by atomic mass is 16.2. The Morgan fingerprint density at radius 1 is 0.857 bits per heavy atom. The summed E-state index contributed by atoms with van der Waals surface area (Å²) in [6.07, 6.45) is 1.59. The highest BCUT2D eigenvalue weighted by molar-refractivity contribution is 6.04. The van der Waals surface area contributed by atoms with Crippen molar-refractivity contribution >= 4 is 28.8 Å². The molecule has 28 heavy (non-hydrogen) atoms. The molecule has 5 heteroatoms. The van der Waals surface area contributed by atoms with Crippen LogP contribution in [-0.2, 0) is 0 Å². The molecule has 0 bridgehead atoms. The third-order valence-corrected chi connectivity index (χ3v) is 4.49. The molecule has 1 heterocycles. The maximum atomic E-state index is 12.7. The third kappa shape index (κ3) is 4.43. The Bertz CT molecular complexity index is 1020. The predicted molar refractivity (Wildman–Crippen MR) is 113 cm³/mol. The molecule has 0 radical (unpaired) electrons. The molecule has 1 amide bonds. The van der Waals surface area contributed by atoms with Crippen LogP contribution in [0.1, 0.15) is 44.5 Å². The average Bonchev–Trinajstić information content (AvgIpc) is 2.65. The molecule has 3 aromatic rings. The Hall–Kier alpha value is -3.47. The minimum absolute atomic E-state index is 0.0242. The van der Waals surface area contributed by atoms with Crippen LogP contribution < -0.4 is 10.6 Å². The summed E-state index contributed by atoms with van der Waals surface area (Å²) in [5.41, 5.74) is 6.56. The number of rotatable bonds is 5. The van der Waals surface area contributed by atoms with E-state index in [-0.39, 0.29) is 11.7 Å². The van der Waals surface area contributed by atoms with Gasteiger partial charge in [0.2, 0.25) is 0 Å². The van der Waals surface area contributed by atoms with Crippen molar-refractivity contribution in [2.45, 2.75) is 27.7 Å². The largest absolute Gasteiger partial charge is 0.355 e. The number of carbonyl (C=O) groups is 2.